The molecule has 0 aliphatic carbocycles. The number of ether oxygens (including phenoxy) is 2. The molecule has 2 aromatic carbocycles. The number of carbonyl (C=O) groups excluding carboxylic acids is 2. The van der Waals surface area contributed by atoms with Crippen LogP contribution in [-0.4, -0.2) is 30.0 Å². The minimum absolute atomic E-state index is 0.0189. The second-order valence-electron chi connectivity index (χ2n) is 5.57. The van der Waals surface area contributed by atoms with Gasteiger partial charge in [-0.15, -0.1) is 0 Å². The van der Waals surface area contributed by atoms with Gasteiger partial charge in [-0.25, -0.2) is 0 Å². The van der Waals surface area contributed by atoms with Gasteiger partial charge in [-0.05, 0) is 30.7 Å². The van der Waals surface area contributed by atoms with E-state index in [1.165, 1.54) is 32.2 Å². The number of benzene rings is 2. The van der Waals surface area contributed by atoms with E-state index >= 15 is 0 Å². The smallest absolute Gasteiger partial charge is 0.311 e. The monoisotopic (exact) mass is 392 g/mol. The van der Waals surface area contributed by atoms with Gasteiger partial charge in [0.25, 0.3) is 11.6 Å². The van der Waals surface area contributed by atoms with Crippen LogP contribution in [0.15, 0.2) is 42.5 Å². The molecule has 27 heavy (non-hydrogen) atoms. The number of anilines is 1. The fourth-order valence-electron chi connectivity index (χ4n) is 2.20. The molecule has 0 radical (unpaired) electrons. The average molecular weight is 393 g/mol. The predicted molar refractivity (Wildman–Crippen MR) is 99.0 cm³/mol. The summed E-state index contributed by atoms with van der Waals surface area (Å²) in [5.74, 6) is -0.988. The number of non-ortho nitro benzene ring substituents is 1. The van der Waals surface area contributed by atoms with E-state index in [0.29, 0.717) is 10.6 Å². The number of nitro benzene ring substituents is 1. The van der Waals surface area contributed by atoms with Crippen LogP contribution in [0, 0.1) is 10.1 Å². The van der Waals surface area contributed by atoms with Crippen molar-refractivity contribution in [2.75, 3.05) is 12.4 Å². The molecule has 2 aromatic rings. The van der Waals surface area contributed by atoms with Crippen LogP contribution >= 0.6 is 11.6 Å². The molecule has 0 saturated carbocycles. The molecule has 1 atom stereocenters. The molecule has 0 aromatic heterocycles. The molecule has 0 heterocycles. The Morgan fingerprint density at radius 1 is 1.22 bits per heavy atom. The predicted octanol–water partition coefficient (Wildman–Crippen LogP) is 3.37. The van der Waals surface area contributed by atoms with E-state index in [9.17, 15) is 19.7 Å². The first kappa shape index (κ1) is 20.2. The third-order valence-corrected chi connectivity index (χ3v) is 3.84. The number of carbonyl (C=O) groups is 2. The molecular formula is C18H17ClN2O6. The number of halogens is 1. The highest BCUT2D eigenvalue weighted by molar-refractivity contribution is 6.30. The number of rotatable bonds is 7. The Balaban J connectivity index is 2.00. The summed E-state index contributed by atoms with van der Waals surface area (Å²) < 4.78 is 10.2. The van der Waals surface area contributed by atoms with Gasteiger partial charge in [-0.2, -0.15) is 0 Å². The molecule has 0 unspecified atom stereocenters. The summed E-state index contributed by atoms with van der Waals surface area (Å²) >= 11 is 5.79. The van der Waals surface area contributed by atoms with Crippen molar-refractivity contribution in [2.24, 2.45) is 0 Å². The number of hydrogen-bond acceptors (Lipinski definition) is 6. The van der Waals surface area contributed by atoms with Gasteiger partial charge in [-0.3, -0.25) is 19.7 Å². The maximum absolute atomic E-state index is 12.3. The van der Waals surface area contributed by atoms with E-state index in [4.69, 9.17) is 21.1 Å². The minimum Gasteiger partial charge on any atom is -0.495 e. The molecule has 0 spiro atoms. The molecule has 0 aliphatic rings. The van der Waals surface area contributed by atoms with Crippen LogP contribution in [0.4, 0.5) is 11.4 Å². The summed E-state index contributed by atoms with van der Waals surface area (Å²) in [6, 6.07) is 10.4. The number of amides is 1. The summed E-state index contributed by atoms with van der Waals surface area (Å²) in [6.45, 7) is 1.40. The van der Waals surface area contributed by atoms with Gasteiger partial charge in [0.05, 0.1) is 24.1 Å². The zero-order valence-corrected chi connectivity index (χ0v) is 15.4. The molecule has 0 saturated heterocycles. The van der Waals surface area contributed by atoms with Crippen LogP contribution in [-0.2, 0) is 20.7 Å². The fraction of sp³-hybridized carbons (Fsp3) is 0.222. The van der Waals surface area contributed by atoms with Gasteiger partial charge >= 0.3 is 5.97 Å². The Bertz CT molecular complexity index is 853. The Labute approximate surface area is 160 Å². The van der Waals surface area contributed by atoms with E-state index < -0.39 is 22.9 Å². The number of nitrogens with zero attached hydrogens (tertiary/aromatic N) is 1. The molecule has 9 heteroatoms. The van der Waals surface area contributed by atoms with E-state index in [1.54, 1.807) is 24.3 Å². The largest absolute Gasteiger partial charge is 0.495 e. The van der Waals surface area contributed by atoms with Crippen molar-refractivity contribution in [3.63, 3.8) is 0 Å². The quantitative estimate of drug-likeness (QED) is 0.439. The van der Waals surface area contributed by atoms with Crippen molar-refractivity contribution in [1.82, 2.24) is 0 Å². The van der Waals surface area contributed by atoms with Gasteiger partial charge in [0, 0.05) is 17.2 Å². The molecule has 142 valence electrons. The molecule has 1 N–H and O–H groups in total. The lowest BCUT2D eigenvalue weighted by molar-refractivity contribution is -0.384. The summed E-state index contributed by atoms with van der Waals surface area (Å²) in [5, 5.41) is 13.9. The van der Waals surface area contributed by atoms with E-state index in [1.807, 2.05) is 0 Å². The first-order valence-electron chi connectivity index (χ1n) is 7.87. The fourth-order valence-corrected chi connectivity index (χ4v) is 2.33. The normalized spacial score (nSPS) is 11.4. The molecule has 0 aliphatic heterocycles. The first-order chi connectivity index (χ1) is 12.8. The number of methoxy groups -OCH3 is 1. The third-order valence-electron chi connectivity index (χ3n) is 3.59. The van der Waals surface area contributed by atoms with E-state index in [2.05, 4.69) is 5.32 Å². The Morgan fingerprint density at radius 2 is 1.89 bits per heavy atom. The van der Waals surface area contributed by atoms with Crippen LogP contribution in [0.1, 0.15) is 12.5 Å². The zero-order valence-electron chi connectivity index (χ0n) is 14.6. The van der Waals surface area contributed by atoms with Crippen molar-refractivity contribution in [3.8, 4) is 5.75 Å². The highest BCUT2D eigenvalue weighted by Crippen LogP contribution is 2.29. The summed E-state index contributed by atoms with van der Waals surface area (Å²) in [7, 11) is 1.37. The van der Waals surface area contributed by atoms with Crippen LogP contribution in [0.2, 0.25) is 5.02 Å². The van der Waals surface area contributed by atoms with Gasteiger partial charge in [0.2, 0.25) is 0 Å². The second kappa shape index (κ2) is 9.00. The SMILES string of the molecule is COc1ccc([N+](=O)[O-])cc1NC(=O)[C@H](C)OC(=O)Cc1ccc(Cl)cc1. The van der Waals surface area contributed by atoms with Crippen molar-refractivity contribution >= 4 is 34.9 Å². The number of nitro groups is 1. The number of nitrogens with one attached hydrogen (secondary N) is 1. The maximum Gasteiger partial charge on any atom is 0.311 e. The lowest BCUT2D eigenvalue weighted by Gasteiger charge is -2.15. The first-order valence-corrected chi connectivity index (χ1v) is 8.25. The Morgan fingerprint density at radius 3 is 2.48 bits per heavy atom. The second-order valence-corrected chi connectivity index (χ2v) is 6.00. The van der Waals surface area contributed by atoms with E-state index in [0.717, 1.165) is 0 Å². The highest BCUT2D eigenvalue weighted by atomic mass is 35.5. The topological polar surface area (TPSA) is 108 Å². The van der Waals surface area contributed by atoms with Crippen molar-refractivity contribution in [1.29, 1.82) is 0 Å². The van der Waals surface area contributed by atoms with Gasteiger partial charge in [0.15, 0.2) is 6.10 Å². The molecule has 8 nitrogen and oxygen atoms in total. The molecule has 0 fully saturated rings. The van der Waals surface area contributed by atoms with Crippen molar-refractivity contribution in [3.05, 3.63) is 63.2 Å². The summed E-state index contributed by atoms with van der Waals surface area (Å²) in [6.07, 6.45) is -1.12. The molecule has 2 rings (SSSR count). The lowest BCUT2D eigenvalue weighted by Crippen LogP contribution is -2.30. The zero-order chi connectivity index (χ0) is 20.0. The van der Waals surface area contributed by atoms with E-state index in [-0.39, 0.29) is 23.5 Å². The van der Waals surface area contributed by atoms with Crippen molar-refractivity contribution in [2.45, 2.75) is 19.4 Å². The Kier molecular flexibility index (Phi) is 6.73. The summed E-state index contributed by atoms with van der Waals surface area (Å²) in [4.78, 5) is 34.5. The standard InChI is InChI=1S/C18H17ClN2O6/c1-11(27-17(22)9-12-3-5-13(19)6-4-12)18(23)20-15-10-14(21(24)25)7-8-16(15)26-2/h3-8,10-11H,9H2,1-2H3,(H,20,23)/t11-/m0/s1. The maximum atomic E-state index is 12.3. The minimum atomic E-state index is -1.10. The van der Waals surface area contributed by atoms with Gasteiger partial charge in [-0.1, -0.05) is 23.7 Å². The Hall–Kier alpha value is -3.13. The average Bonchev–Trinajstić information content (AvgIpc) is 2.63. The van der Waals surface area contributed by atoms with Crippen molar-refractivity contribution < 1.29 is 24.0 Å². The van der Waals surface area contributed by atoms with Crippen LogP contribution in [0.25, 0.3) is 0 Å². The lowest BCUT2D eigenvalue weighted by atomic mass is 10.1. The van der Waals surface area contributed by atoms with Gasteiger partial charge in [0.1, 0.15) is 5.75 Å². The number of hydrogen-bond donors (Lipinski definition) is 1. The molecular weight excluding hydrogens is 376 g/mol. The third kappa shape index (κ3) is 5.68. The van der Waals surface area contributed by atoms with Gasteiger partial charge < -0.3 is 14.8 Å². The number of esters is 1. The van der Waals surface area contributed by atoms with Crippen LogP contribution in [0.5, 0.6) is 5.75 Å². The molecule has 1 amide bonds. The highest BCUT2D eigenvalue weighted by Gasteiger charge is 2.21. The summed E-state index contributed by atoms with van der Waals surface area (Å²) in [5.41, 5.74) is 0.591. The van der Waals surface area contributed by atoms with Crippen LogP contribution < -0.4 is 10.1 Å². The molecule has 0 bridgehead atoms. The van der Waals surface area contributed by atoms with Crippen LogP contribution in [0.3, 0.4) is 0 Å².